The van der Waals surface area contributed by atoms with Crippen molar-refractivity contribution >= 4 is 39.1 Å². The molecular formula is C16H18BrF3N4O2. The summed E-state index contributed by atoms with van der Waals surface area (Å²) in [7, 11) is 0. The number of hydrogen-bond donors (Lipinski definition) is 1. The predicted octanol–water partition coefficient (Wildman–Crippen LogP) is 1.70. The van der Waals surface area contributed by atoms with Gasteiger partial charge in [0.15, 0.2) is 0 Å². The lowest BCUT2D eigenvalue weighted by atomic mass is 9.98. The minimum atomic E-state index is -4.83. The molecular weight excluding hydrogens is 417 g/mol. The Bertz CT molecular complexity index is 722. The van der Waals surface area contributed by atoms with E-state index < -0.39 is 12.1 Å². The molecule has 0 aliphatic carbocycles. The van der Waals surface area contributed by atoms with Crippen LogP contribution in [-0.4, -0.2) is 67.1 Å². The van der Waals surface area contributed by atoms with Crippen LogP contribution in [0.2, 0.25) is 0 Å². The van der Waals surface area contributed by atoms with Crippen LogP contribution >= 0.6 is 15.9 Å². The first-order valence-corrected chi connectivity index (χ1v) is 8.88. The molecule has 2 aliphatic heterocycles. The van der Waals surface area contributed by atoms with E-state index in [1.807, 2.05) is 17.0 Å². The lowest BCUT2D eigenvalue weighted by molar-refractivity contribution is -0.192. The molecule has 0 radical (unpaired) electrons. The van der Waals surface area contributed by atoms with Crippen molar-refractivity contribution in [1.29, 1.82) is 0 Å². The zero-order valence-electron chi connectivity index (χ0n) is 13.8. The average Bonchev–Trinajstić information content (AvgIpc) is 2.53. The molecule has 26 heavy (non-hydrogen) atoms. The molecule has 6 nitrogen and oxygen atoms in total. The quantitative estimate of drug-likeness (QED) is 0.735. The highest BCUT2D eigenvalue weighted by atomic mass is 79.9. The molecule has 1 aromatic carbocycles. The number of halogens is 4. The zero-order chi connectivity index (χ0) is 19.1. The molecule has 0 bridgehead atoms. The van der Waals surface area contributed by atoms with Crippen LogP contribution in [0.25, 0.3) is 0 Å². The zero-order valence-corrected chi connectivity index (χ0v) is 15.4. The molecule has 0 spiro atoms. The van der Waals surface area contributed by atoms with E-state index in [0.29, 0.717) is 25.3 Å². The molecule has 3 rings (SSSR count). The molecule has 142 valence electrons. The normalized spacial score (nSPS) is 18.9. The van der Waals surface area contributed by atoms with Gasteiger partial charge >= 0.3 is 12.1 Å². The Labute approximate surface area is 156 Å². The third-order valence-electron chi connectivity index (χ3n) is 4.63. The molecule has 0 atom stereocenters. The van der Waals surface area contributed by atoms with Crippen molar-refractivity contribution in [3.05, 3.63) is 22.7 Å². The number of carbonyl (C=O) groups is 2. The lowest BCUT2D eigenvalue weighted by Crippen LogP contribution is -2.59. The van der Waals surface area contributed by atoms with Crippen LogP contribution in [-0.2, 0) is 9.59 Å². The molecule has 0 unspecified atom stereocenters. The fourth-order valence-corrected chi connectivity index (χ4v) is 3.44. The summed E-state index contributed by atoms with van der Waals surface area (Å²) in [5.74, 6) is -2.00. The number of likely N-dealkylation sites (tertiary alicyclic amines) is 1. The Hall–Kier alpha value is -1.97. The Balaban J connectivity index is 1.50. The molecule has 2 saturated heterocycles. The highest BCUT2D eigenvalue weighted by Crippen LogP contribution is 2.28. The number of alkyl halides is 3. The van der Waals surface area contributed by atoms with E-state index >= 15 is 0 Å². The number of nitrogens with zero attached hydrogens (tertiary/aromatic N) is 3. The van der Waals surface area contributed by atoms with Gasteiger partial charge in [-0.3, -0.25) is 9.59 Å². The van der Waals surface area contributed by atoms with Gasteiger partial charge in [0.25, 0.3) is 0 Å². The van der Waals surface area contributed by atoms with E-state index in [-0.39, 0.29) is 31.5 Å². The molecule has 2 aliphatic rings. The maximum atomic E-state index is 12.4. The topological polar surface area (TPSA) is 69.9 Å². The third-order valence-corrected chi connectivity index (χ3v) is 5.35. The molecule has 0 aromatic heterocycles. The number of rotatable bonds is 3. The van der Waals surface area contributed by atoms with E-state index in [1.165, 1.54) is 0 Å². The van der Waals surface area contributed by atoms with E-state index in [4.69, 9.17) is 5.73 Å². The Kier molecular flexibility index (Phi) is 5.05. The first kappa shape index (κ1) is 18.8. The van der Waals surface area contributed by atoms with Crippen molar-refractivity contribution in [1.82, 2.24) is 9.80 Å². The largest absolute Gasteiger partial charge is 0.471 e. The van der Waals surface area contributed by atoms with Crippen LogP contribution in [0.1, 0.15) is 0 Å². The molecule has 2 N–H and O–H groups in total. The number of nitrogens with two attached hydrogens (primary N) is 1. The maximum Gasteiger partial charge on any atom is 0.471 e. The van der Waals surface area contributed by atoms with Crippen LogP contribution in [0.4, 0.5) is 24.5 Å². The number of benzene rings is 1. The van der Waals surface area contributed by atoms with Gasteiger partial charge in [-0.25, -0.2) is 0 Å². The van der Waals surface area contributed by atoms with Gasteiger partial charge in [0.05, 0.1) is 6.54 Å². The molecule has 2 heterocycles. The Morgan fingerprint density at radius 3 is 2.54 bits per heavy atom. The summed E-state index contributed by atoms with van der Waals surface area (Å²) in [6, 6.07) is 5.48. The summed E-state index contributed by atoms with van der Waals surface area (Å²) < 4.78 is 37.8. The van der Waals surface area contributed by atoms with Gasteiger partial charge in [-0.2, -0.15) is 13.2 Å². The SMILES string of the molecule is Nc1cc(N2CCN(CC3CN(C(=O)C(F)(F)F)C3)C(=O)C2)ccc1Br. The second kappa shape index (κ2) is 6.98. The first-order chi connectivity index (χ1) is 12.1. The molecule has 2 fully saturated rings. The average molecular weight is 435 g/mol. The number of anilines is 2. The summed E-state index contributed by atoms with van der Waals surface area (Å²) in [5.41, 5.74) is 7.30. The highest BCUT2D eigenvalue weighted by molar-refractivity contribution is 9.10. The number of carbonyl (C=O) groups excluding carboxylic acids is 2. The fraction of sp³-hybridized carbons (Fsp3) is 0.500. The van der Waals surface area contributed by atoms with E-state index in [0.717, 1.165) is 15.1 Å². The van der Waals surface area contributed by atoms with Crippen LogP contribution in [0.5, 0.6) is 0 Å². The molecule has 2 amide bonds. The van der Waals surface area contributed by atoms with Gasteiger partial charge in [0.2, 0.25) is 5.91 Å². The second-order valence-corrected chi connectivity index (χ2v) is 7.40. The van der Waals surface area contributed by atoms with Crippen molar-refractivity contribution in [3.63, 3.8) is 0 Å². The Morgan fingerprint density at radius 1 is 1.27 bits per heavy atom. The number of hydrogen-bond acceptors (Lipinski definition) is 4. The summed E-state index contributed by atoms with van der Waals surface area (Å²) in [4.78, 5) is 27.8. The predicted molar refractivity (Wildman–Crippen MR) is 93.5 cm³/mol. The third kappa shape index (κ3) is 3.89. The highest BCUT2D eigenvalue weighted by Gasteiger charge is 2.47. The van der Waals surface area contributed by atoms with Crippen molar-refractivity contribution < 1.29 is 22.8 Å². The van der Waals surface area contributed by atoms with Gasteiger partial charge in [-0.15, -0.1) is 0 Å². The van der Waals surface area contributed by atoms with Crippen LogP contribution in [0.15, 0.2) is 22.7 Å². The van der Waals surface area contributed by atoms with Crippen molar-refractivity contribution in [2.24, 2.45) is 5.92 Å². The summed E-state index contributed by atoms with van der Waals surface area (Å²) >= 11 is 3.33. The van der Waals surface area contributed by atoms with Crippen LogP contribution in [0, 0.1) is 5.92 Å². The summed E-state index contributed by atoms with van der Waals surface area (Å²) in [5, 5.41) is 0. The minimum Gasteiger partial charge on any atom is -0.398 e. The van der Waals surface area contributed by atoms with Gasteiger partial charge in [-0.1, -0.05) is 0 Å². The molecule has 10 heteroatoms. The number of amides is 2. The fourth-order valence-electron chi connectivity index (χ4n) is 3.19. The van der Waals surface area contributed by atoms with Gasteiger partial charge in [0.1, 0.15) is 0 Å². The molecule has 1 aromatic rings. The van der Waals surface area contributed by atoms with Crippen molar-refractivity contribution in [2.75, 3.05) is 49.9 Å². The monoisotopic (exact) mass is 434 g/mol. The second-order valence-electron chi connectivity index (χ2n) is 6.54. The van der Waals surface area contributed by atoms with Gasteiger partial charge < -0.3 is 20.4 Å². The van der Waals surface area contributed by atoms with Crippen LogP contribution in [0.3, 0.4) is 0 Å². The van der Waals surface area contributed by atoms with Crippen LogP contribution < -0.4 is 10.6 Å². The Morgan fingerprint density at radius 2 is 1.96 bits per heavy atom. The van der Waals surface area contributed by atoms with Crippen molar-refractivity contribution in [3.8, 4) is 0 Å². The van der Waals surface area contributed by atoms with Crippen molar-refractivity contribution in [2.45, 2.75) is 6.18 Å². The van der Waals surface area contributed by atoms with E-state index in [2.05, 4.69) is 15.9 Å². The van der Waals surface area contributed by atoms with E-state index in [9.17, 15) is 22.8 Å². The molecule has 0 saturated carbocycles. The standard InChI is InChI=1S/C16H18BrF3N4O2/c17-12-2-1-11(5-13(12)21)22-3-4-23(14(25)9-22)6-10-7-24(8-10)15(26)16(18,19)20/h1-2,5,10H,3-4,6-9,21H2. The van der Waals surface area contributed by atoms with E-state index in [1.54, 1.807) is 11.0 Å². The van der Waals surface area contributed by atoms with Gasteiger partial charge in [0, 0.05) is 54.5 Å². The first-order valence-electron chi connectivity index (χ1n) is 8.09. The minimum absolute atomic E-state index is 0.0368. The summed E-state index contributed by atoms with van der Waals surface area (Å²) in [6.07, 6.45) is -4.83. The van der Waals surface area contributed by atoms with Gasteiger partial charge in [-0.05, 0) is 34.1 Å². The summed E-state index contributed by atoms with van der Waals surface area (Å²) in [6.45, 7) is 1.74. The smallest absolute Gasteiger partial charge is 0.398 e. The lowest BCUT2D eigenvalue weighted by Gasteiger charge is -2.43. The number of nitrogen functional groups attached to an aromatic ring is 1. The maximum absolute atomic E-state index is 12.4. The number of piperazine rings is 1.